The van der Waals surface area contributed by atoms with Crippen LogP contribution in [0.4, 0.5) is 4.79 Å². The number of carbonyl (C=O) groups excluding carboxylic acids is 2. The smallest absolute Gasteiger partial charge is 0.408 e. The minimum absolute atomic E-state index is 0.244. The molecule has 8 nitrogen and oxygen atoms in total. The molecule has 8 heteroatoms. The van der Waals surface area contributed by atoms with E-state index in [2.05, 4.69) is 5.32 Å². The van der Waals surface area contributed by atoms with Gasteiger partial charge in [-0.1, -0.05) is 26.0 Å². The number of esters is 1. The van der Waals surface area contributed by atoms with Gasteiger partial charge in [0.05, 0.1) is 7.11 Å². The van der Waals surface area contributed by atoms with Gasteiger partial charge in [-0.15, -0.1) is 0 Å². The topological polar surface area (TPSA) is 104 Å². The van der Waals surface area contributed by atoms with Gasteiger partial charge in [0.2, 0.25) is 0 Å². The summed E-state index contributed by atoms with van der Waals surface area (Å²) in [5.41, 5.74) is 1.10. The number of carbonyl (C=O) groups is 2. The van der Waals surface area contributed by atoms with Crippen LogP contribution in [0.3, 0.4) is 0 Å². The molecule has 0 radical (unpaired) electrons. The molecule has 0 saturated heterocycles. The molecule has 0 aliphatic rings. The molecule has 0 fully saturated rings. The maximum Gasteiger partial charge on any atom is 0.408 e. The Kier molecular flexibility index (Phi) is 8.63. The number of hydrogen-bond acceptors (Lipinski definition) is 7. The Morgan fingerprint density at radius 1 is 1.03 bits per heavy atom. The second kappa shape index (κ2) is 11.5. The number of nitrogens with one attached hydrogen (secondary N) is 1. The minimum Gasteiger partial charge on any atom is -0.497 e. The first-order valence-corrected chi connectivity index (χ1v) is 12.3. The van der Waals surface area contributed by atoms with Gasteiger partial charge in [0.15, 0.2) is 0 Å². The van der Waals surface area contributed by atoms with E-state index in [1.54, 1.807) is 46.9 Å². The van der Waals surface area contributed by atoms with Gasteiger partial charge in [0, 0.05) is 17.0 Å². The molecule has 1 heterocycles. The average molecular weight is 510 g/mol. The quantitative estimate of drug-likeness (QED) is 0.225. The molecule has 0 aliphatic heterocycles. The predicted molar refractivity (Wildman–Crippen MR) is 142 cm³/mol. The highest BCUT2D eigenvalue weighted by Gasteiger charge is 2.27. The van der Waals surface area contributed by atoms with Crippen LogP contribution >= 0.6 is 0 Å². The van der Waals surface area contributed by atoms with Crippen LogP contribution in [0.15, 0.2) is 51.7 Å². The molecule has 0 bridgehead atoms. The first-order valence-electron chi connectivity index (χ1n) is 12.3. The van der Waals surface area contributed by atoms with E-state index in [1.807, 2.05) is 38.1 Å². The van der Waals surface area contributed by atoms with Gasteiger partial charge >= 0.3 is 17.7 Å². The Labute approximate surface area is 216 Å². The molecule has 3 rings (SSSR count). The molecular formula is C29H35NO7. The Morgan fingerprint density at radius 2 is 1.70 bits per heavy atom. The summed E-state index contributed by atoms with van der Waals surface area (Å²) in [4.78, 5) is 37.9. The van der Waals surface area contributed by atoms with Crippen molar-refractivity contribution < 1.29 is 28.2 Å². The van der Waals surface area contributed by atoms with Gasteiger partial charge in [-0.05, 0) is 81.8 Å². The second-order valence-corrected chi connectivity index (χ2v) is 10.4. The Bertz CT molecular complexity index is 1320. The maximum absolute atomic E-state index is 13.1. The number of hydrogen-bond donors (Lipinski definition) is 1. The second-order valence-electron chi connectivity index (χ2n) is 10.4. The van der Waals surface area contributed by atoms with Gasteiger partial charge in [0.25, 0.3) is 0 Å². The molecule has 0 aliphatic carbocycles. The van der Waals surface area contributed by atoms with Crippen molar-refractivity contribution >= 4 is 23.0 Å². The third kappa shape index (κ3) is 7.35. The van der Waals surface area contributed by atoms with Crippen molar-refractivity contribution in [3.8, 4) is 22.6 Å². The van der Waals surface area contributed by atoms with Gasteiger partial charge in [-0.2, -0.15) is 0 Å². The third-order valence-corrected chi connectivity index (χ3v) is 5.73. The van der Waals surface area contributed by atoms with Crippen LogP contribution in [-0.4, -0.2) is 30.8 Å². The Morgan fingerprint density at radius 3 is 2.30 bits per heavy atom. The normalized spacial score (nSPS) is 12.3. The van der Waals surface area contributed by atoms with Crippen LogP contribution in [0.5, 0.6) is 11.5 Å². The van der Waals surface area contributed by atoms with E-state index < -0.39 is 29.3 Å². The third-order valence-electron chi connectivity index (χ3n) is 5.73. The summed E-state index contributed by atoms with van der Waals surface area (Å²) in [6, 6.07) is 11.3. The minimum atomic E-state index is -0.898. The maximum atomic E-state index is 13.1. The highest BCUT2D eigenvalue weighted by molar-refractivity contribution is 5.96. The molecule has 1 aromatic heterocycles. The molecular weight excluding hydrogens is 474 g/mol. The Hall–Kier alpha value is -3.81. The standard InChI is InChI=1S/C29H35NO7/c1-17(2)8-14-23(30-28(33)37-29(4,5)6)27(32)35-24-15-13-21-22(16-25(31)36-26(21)18(24)3)19-9-11-20(34-7)12-10-19/h9-13,15-17,23H,8,14H2,1-7H3,(H,30,33). The van der Waals surface area contributed by atoms with Gasteiger partial charge < -0.3 is 23.9 Å². The monoisotopic (exact) mass is 509 g/mol. The molecule has 1 N–H and O–H groups in total. The van der Waals surface area contributed by atoms with E-state index in [0.29, 0.717) is 46.6 Å². The lowest BCUT2D eigenvalue weighted by atomic mass is 10.00. The fourth-order valence-corrected chi connectivity index (χ4v) is 3.84. The van der Waals surface area contributed by atoms with E-state index in [-0.39, 0.29) is 5.75 Å². The van der Waals surface area contributed by atoms with Crippen LogP contribution in [0.2, 0.25) is 0 Å². The van der Waals surface area contributed by atoms with Crippen molar-refractivity contribution in [3.05, 3.63) is 58.4 Å². The lowest BCUT2D eigenvalue weighted by Gasteiger charge is -2.23. The summed E-state index contributed by atoms with van der Waals surface area (Å²) in [6.07, 6.45) is 0.398. The fraction of sp³-hybridized carbons (Fsp3) is 0.414. The van der Waals surface area contributed by atoms with Crippen LogP contribution in [0, 0.1) is 12.8 Å². The van der Waals surface area contributed by atoms with E-state index in [1.165, 1.54) is 6.07 Å². The molecule has 1 unspecified atom stereocenters. The highest BCUT2D eigenvalue weighted by atomic mass is 16.6. The van der Waals surface area contributed by atoms with Gasteiger partial charge in [0.1, 0.15) is 28.7 Å². The number of ether oxygens (including phenoxy) is 3. The van der Waals surface area contributed by atoms with Crippen molar-refractivity contribution in [2.75, 3.05) is 7.11 Å². The molecule has 1 atom stereocenters. The predicted octanol–water partition coefficient (Wildman–Crippen LogP) is 6.01. The molecule has 37 heavy (non-hydrogen) atoms. The molecule has 198 valence electrons. The van der Waals surface area contributed by atoms with Gasteiger partial charge in [-0.25, -0.2) is 14.4 Å². The zero-order valence-electron chi connectivity index (χ0n) is 22.5. The van der Waals surface area contributed by atoms with E-state index in [4.69, 9.17) is 18.6 Å². The van der Waals surface area contributed by atoms with Crippen LogP contribution in [-0.2, 0) is 9.53 Å². The van der Waals surface area contributed by atoms with Gasteiger partial charge in [-0.3, -0.25) is 0 Å². The summed E-state index contributed by atoms with van der Waals surface area (Å²) in [5, 5.41) is 3.33. The number of alkyl carbamates (subject to hydrolysis) is 1. The van der Waals surface area contributed by atoms with Crippen LogP contribution < -0.4 is 20.4 Å². The zero-order chi connectivity index (χ0) is 27.3. The van der Waals surface area contributed by atoms with Crippen LogP contribution in [0.25, 0.3) is 22.1 Å². The first-order chi connectivity index (χ1) is 17.4. The van der Waals surface area contributed by atoms with Crippen molar-refractivity contribution in [1.82, 2.24) is 5.32 Å². The van der Waals surface area contributed by atoms with E-state index in [9.17, 15) is 14.4 Å². The number of methoxy groups -OCH3 is 1. The number of amides is 1. The summed E-state index contributed by atoms with van der Waals surface area (Å²) in [7, 11) is 1.59. The van der Waals surface area contributed by atoms with Crippen molar-refractivity contribution in [3.63, 3.8) is 0 Å². The molecule has 2 aromatic carbocycles. The fourth-order valence-electron chi connectivity index (χ4n) is 3.84. The number of rotatable bonds is 8. The summed E-state index contributed by atoms with van der Waals surface area (Å²) < 4.78 is 21.8. The van der Waals surface area contributed by atoms with Crippen molar-refractivity contribution in [2.45, 2.75) is 66.0 Å². The summed E-state index contributed by atoms with van der Waals surface area (Å²) in [6.45, 7) is 11.0. The SMILES string of the molecule is COc1ccc(-c2cc(=O)oc3c(C)c(OC(=O)C(CCC(C)C)NC(=O)OC(C)(C)C)ccc23)cc1. The average Bonchev–Trinajstić information content (AvgIpc) is 2.82. The molecule has 1 amide bonds. The molecule has 0 spiro atoms. The van der Waals surface area contributed by atoms with E-state index >= 15 is 0 Å². The summed E-state index contributed by atoms with van der Waals surface area (Å²) in [5.74, 6) is 0.646. The van der Waals surface area contributed by atoms with Crippen molar-refractivity contribution in [2.24, 2.45) is 5.92 Å². The number of benzene rings is 2. The van der Waals surface area contributed by atoms with Crippen molar-refractivity contribution in [1.29, 1.82) is 0 Å². The molecule has 0 saturated carbocycles. The lowest BCUT2D eigenvalue weighted by molar-refractivity contribution is -0.137. The first kappa shape index (κ1) is 27.8. The molecule has 3 aromatic rings. The largest absolute Gasteiger partial charge is 0.497 e. The zero-order valence-corrected chi connectivity index (χ0v) is 22.5. The number of fused-ring (bicyclic) bond motifs is 1. The van der Waals surface area contributed by atoms with Crippen LogP contribution in [0.1, 0.15) is 53.0 Å². The Balaban J connectivity index is 1.92. The summed E-state index contributed by atoms with van der Waals surface area (Å²) >= 11 is 0. The highest BCUT2D eigenvalue weighted by Crippen LogP contribution is 2.34. The van der Waals surface area contributed by atoms with E-state index in [0.717, 1.165) is 5.56 Å². The number of aryl methyl sites for hydroxylation is 1. The lowest BCUT2D eigenvalue weighted by Crippen LogP contribution is -2.45.